The molecule has 23 heteroatoms. The summed E-state index contributed by atoms with van der Waals surface area (Å²) < 4.78 is 80.5. The van der Waals surface area contributed by atoms with Crippen molar-refractivity contribution in [1.29, 1.82) is 0 Å². The molecule has 2 atom stereocenters. The van der Waals surface area contributed by atoms with E-state index in [4.69, 9.17) is 8.37 Å². The molecule has 0 amide bonds. The molecule has 20 nitrogen and oxygen atoms in total. The number of aliphatic hydroxyl groups is 4. The van der Waals surface area contributed by atoms with E-state index >= 15 is 0 Å². The summed E-state index contributed by atoms with van der Waals surface area (Å²) in [6.07, 6.45) is 3.04. The number of aliphatic hydroxyl groups excluding tert-OH is 4. The summed E-state index contributed by atoms with van der Waals surface area (Å²) in [7, 11) is -4.08. The van der Waals surface area contributed by atoms with Crippen LogP contribution in [0.25, 0.3) is 45.6 Å². The lowest BCUT2D eigenvalue weighted by Gasteiger charge is -2.20. The van der Waals surface area contributed by atoms with Crippen LogP contribution in [0.3, 0.4) is 0 Å². The van der Waals surface area contributed by atoms with Gasteiger partial charge in [-0.05, 0) is 60.2 Å². The van der Waals surface area contributed by atoms with Crippen molar-refractivity contribution in [2.45, 2.75) is 11.4 Å². The second-order valence-corrected chi connectivity index (χ2v) is 15.5. The van der Waals surface area contributed by atoms with Gasteiger partial charge in [-0.2, -0.15) is 22.3 Å². The van der Waals surface area contributed by atoms with Crippen molar-refractivity contribution in [2.75, 3.05) is 52.6 Å². The average Bonchev–Trinajstić information content (AvgIpc) is 3.82. The summed E-state index contributed by atoms with van der Waals surface area (Å²) in [5, 5.41) is 55.2. The first-order valence-corrected chi connectivity index (χ1v) is 20.9. The average molecular weight is 859 g/mol. The zero-order valence-electron chi connectivity index (χ0n) is 30.4. The molecule has 0 radical (unpaired) electrons. The van der Waals surface area contributed by atoms with Gasteiger partial charge in [0.2, 0.25) is 10.0 Å². The van der Waals surface area contributed by atoms with E-state index < -0.39 is 46.0 Å². The lowest BCUT2D eigenvalue weighted by atomic mass is 10.1. The van der Waals surface area contributed by atoms with Crippen LogP contribution >= 0.6 is 0 Å². The summed E-state index contributed by atoms with van der Waals surface area (Å²) in [4.78, 5) is 4.29. The summed E-state index contributed by atoms with van der Waals surface area (Å²) >= 11 is -5.47. The third-order valence-corrected chi connectivity index (χ3v) is 11.1. The minimum Gasteiger partial charge on any atom is -0.395 e. The Hall–Kier alpha value is -5.05. The first-order valence-electron chi connectivity index (χ1n) is 17.4. The highest BCUT2D eigenvalue weighted by atomic mass is 32.2. The lowest BCUT2D eigenvalue weighted by Crippen LogP contribution is -2.35. The molecule has 6 rings (SSSR count). The minimum absolute atomic E-state index is 0.0187. The van der Waals surface area contributed by atoms with E-state index in [9.17, 15) is 46.4 Å². The molecule has 0 spiro atoms. The second-order valence-electron chi connectivity index (χ2n) is 12.4. The highest BCUT2D eigenvalue weighted by molar-refractivity contribution is 7.89. The van der Waals surface area contributed by atoms with E-state index in [0.717, 1.165) is 9.87 Å². The fourth-order valence-corrected chi connectivity index (χ4v) is 7.97. The van der Waals surface area contributed by atoms with E-state index in [1.807, 2.05) is 17.0 Å². The molecule has 6 aromatic rings. The molecule has 0 aliphatic carbocycles. The smallest absolute Gasteiger partial charge is 0.357 e. The third-order valence-electron chi connectivity index (χ3n) is 8.59. The number of fused-ring (bicyclic) bond motifs is 2. The standard InChI is InChI=1S/C35H38N8O12S3/c44-15-11-40(12-16-45)23-24-1-9-30-32(19-24)38-42(36-30)27-6-4-25(34(20-27)54-56(48)49)2-3-26-5-7-28(21-35(26)55-57(50)51)43-37-31-10-8-29(22-33(31)39-43)58(52,53)41(13-17-46)14-18-47/h1-10,19-22,44-47H,11-18,23H2,(H,48,49)(H,50,51)/b3-2+. The van der Waals surface area contributed by atoms with Crippen LogP contribution in [0.2, 0.25) is 0 Å². The van der Waals surface area contributed by atoms with Gasteiger partial charge in [0.1, 0.15) is 22.1 Å². The van der Waals surface area contributed by atoms with Gasteiger partial charge in [0, 0.05) is 56.0 Å². The SMILES string of the molecule is O=S(O)Oc1cc(-n2nc3ccc(CN(CCO)CCO)cc3n2)ccc1/C=C/c1ccc(-n2nc3ccc(S(=O)(=O)N(CCO)CCO)cc3n2)cc1OS(=O)O. The maximum atomic E-state index is 13.2. The zero-order valence-corrected chi connectivity index (χ0v) is 32.8. The van der Waals surface area contributed by atoms with E-state index in [0.29, 0.717) is 53.0 Å². The largest absolute Gasteiger partial charge is 0.395 e. The molecule has 0 aliphatic heterocycles. The van der Waals surface area contributed by atoms with Gasteiger partial charge in [0.25, 0.3) is 0 Å². The van der Waals surface area contributed by atoms with Crippen molar-refractivity contribution >= 4 is 67.0 Å². The Morgan fingerprint density at radius 1 is 0.603 bits per heavy atom. The fourth-order valence-electron chi connectivity index (χ4n) is 5.93. The monoisotopic (exact) mass is 858 g/mol. The first-order chi connectivity index (χ1) is 27.9. The molecule has 0 saturated heterocycles. The van der Waals surface area contributed by atoms with Gasteiger partial charge in [0.05, 0.1) is 42.7 Å². The number of rotatable bonds is 20. The number of aromatic nitrogens is 6. The predicted molar refractivity (Wildman–Crippen MR) is 212 cm³/mol. The Morgan fingerprint density at radius 3 is 1.55 bits per heavy atom. The Balaban J connectivity index is 1.27. The van der Waals surface area contributed by atoms with Gasteiger partial charge >= 0.3 is 22.7 Å². The van der Waals surface area contributed by atoms with Crippen molar-refractivity contribution in [3.05, 3.63) is 89.5 Å². The van der Waals surface area contributed by atoms with Crippen molar-refractivity contribution in [3.63, 3.8) is 0 Å². The van der Waals surface area contributed by atoms with Gasteiger partial charge in [-0.25, -0.2) is 8.42 Å². The van der Waals surface area contributed by atoms with E-state index in [2.05, 4.69) is 20.4 Å². The Labute approximate surface area is 336 Å². The predicted octanol–water partition coefficient (Wildman–Crippen LogP) is 1.12. The molecule has 0 bridgehead atoms. The molecule has 2 unspecified atom stereocenters. The van der Waals surface area contributed by atoms with Crippen LogP contribution in [-0.2, 0) is 39.3 Å². The van der Waals surface area contributed by atoms with Crippen molar-refractivity contribution < 1.29 is 54.7 Å². The topological polar surface area (TPSA) is 276 Å². The molecule has 6 N–H and O–H groups in total. The van der Waals surface area contributed by atoms with Crippen LogP contribution in [0.5, 0.6) is 11.5 Å². The number of hydrogen-bond donors (Lipinski definition) is 6. The maximum absolute atomic E-state index is 13.2. The summed E-state index contributed by atoms with van der Waals surface area (Å²) in [5.41, 5.74) is 3.87. The van der Waals surface area contributed by atoms with Gasteiger partial charge in [-0.3, -0.25) is 14.0 Å². The van der Waals surface area contributed by atoms with E-state index in [1.165, 1.54) is 52.1 Å². The van der Waals surface area contributed by atoms with Crippen molar-refractivity contribution in [1.82, 2.24) is 39.2 Å². The fraction of sp³-hybridized carbons (Fsp3) is 0.257. The van der Waals surface area contributed by atoms with Crippen LogP contribution in [0.1, 0.15) is 16.7 Å². The van der Waals surface area contributed by atoms with Gasteiger partial charge in [-0.15, -0.1) is 20.4 Å². The molecule has 2 heterocycles. The Morgan fingerprint density at radius 2 is 1.07 bits per heavy atom. The van der Waals surface area contributed by atoms with Crippen LogP contribution in [0.15, 0.2) is 77.7 Å². The molecule has 0 fully saturated rings. The quantitative estimate of drug-likeness (QED) is 0.0464. The Bertz CT molecular complexity index is 2570. The summed E-state index contributed by atoms with van der Waals surface area (Å²) in [6.45, 7) is -0.174. The summed E-state index contributed by atoms with van der Waals surface area (Å²) in [5.74, 6) is -0.0925. The molecule has 58 heavy (non-hydrogen) atoms. The second kappa shape index (κ2) is 19.1. The first kappa shape index (κ1) is 42.6. The zero-order chi connectivity index (χ0) is 41.4. The Kier molecular flexibility index (Phi) is 14.0. The minimum atomic E-state index is -4.08. The molecular formula is C35H38N8O12S3. The van der Waals surface area contributed by atoms with Gasteiger partial charge in [0.15, 0.2) is 11.5 Å². The molecule has 308 valence electrons. The van der Waals surface area contributed by atoms with Crippen LogP contribution < -0.4 is 8.37 Å². The molecule has 4 aromatic carbocycles. The maximum Gasteiger partial charge on any atom is 0.357 e. The summed E-state index contributed by atoms with van der Waals surface area (Å²) in [6, 6.07) is 18.8. The normalized spacial score (nSPS) is 13.3. The molecule has 0 saturated carbocycles. The molecule has 2 aromatic heterocycles. The highest BCUT2D eigenvalue weighted by Gasteiger charge is 2.25. The number of nitrogens with zero attached hydrogens (tertiary/aromatic N) is 8. The van der Waals surface area contributed by atoms with E-state index in [1.54, 1.807) is 30.3 Å². The number of sulfonamides is 1. The van der Waals surface area contributed by atoms with Crippen LogP contribution in [0.4, 0.5) is 0 Å². The van der Waals surface area contributed by atoms with Crippen LogP contribution in [0, 0.1) is 0 Å². The van der Waals surface area contributed by atoms with Crippen LogP contribution in [-0.4, -0.2) is 138 Å². The third kappa shape index (κ3) is 10.1. The highest BCUT2D eigenvalue weighted by Crippen LogP contribution is 2.30. The molecular weight excluding hydrogens is 821 g/mol. The number of hydrogen-bond acceptors (Lipinski definition) is 15. The molecule has 0 aliphatic rings. The number of benzene rings is 4. The van der Waals surface area contributed by atoms with Gasteiger partial charge in [-0.1, -0.05) is 18.2 Å². The van der Waals surface area contributed by atoms with Crippen molar-refractivity contribution in [3.8, 4) is 22.9 Å². The van der Waals surface area contributed by atoms with Gasteiger partial charge < -0.3 is 28.8 Å². The van der Waals surface area contributed by atoms with E-state index in [-0.39, 0.29) is 53.9 Å². The lowest BCUT2D eigenvalue weighted by molar-refractivity contribution is 0.156. The van der Waals surface area contributed by atoms with Crippen molar-refractivity contribution in [2.24, 2.45) is 0 Å².